The minimum Gasteiger partial charge on any atom is -0.493 e. The summed E-state index contributed by atoms with van der Waals surface area (Å²) in [6.07, 6.45) is 5.53. The molecule has 128 valence electrons. The van der Waals surface area contributed by atoms with Crippen LogP contribution < -0.4 is 10.6 Å². The maximum atomic E-state index is 12.2. The number of carbonyl (C=O) groups is 1. The first-order chi connectivity index (χ1) is 12.1. The van der Waals surface area contributed by atoms with Crippen molar-refractivity contribution in [1.82, 2.24) is 4.57 Å². The van der Waals surface area contributed by atoms with E-state index in [4.69, 9.17) is 17.0 Å². The Morgan fingerprint density at radius 2 is 2.28 bits per heavy atom. The van der Waals surface area contributed by atoms with E-state index < -0.39 is 0 Å². The lowest BCUT2D eigenvalue weighted by Crippen LogP contribution is -2.29. The van der Waals surface area contributed by atoms with Crippen LogP contribution in [-0.2, 0) is 16.1 Å². The smallest absolute Gasteiger partial charge is 0.277 e. The average molecular weight is 372 g/mol. The van der Waals surface area contributed by atoms with Crippen LogP contribution in [0.1, 0.15) is 17.7 Å². The van der Waals surface area contributed by atoms with E-state index in [9.17, 15) is 9.90 Å². The third-order valence-corrected chi connectivity index (χ3v) is 5.69. The largest absolute Gasteiger partial charge is 0.493 e. The number of hydrogen-bond acceptors (Lipinski definition) is 5. The van der Waals surface area contributed by atoms with Gasteiger partial charge < -0.3 is 9.84 Å². The lowest BCUT2D eigenvalue weighted by molar-refractivity contribution is -0.114. The zero-order valence-corrected chi connectivity index (χ0v) is 15.0. The van der Waals surface area contributed by atoms with E-state index in [2.05, 4.69) is 4.99 Å². The molecule has 5 nitrogen and oxygen atoms in total. The lowest BCUT2D eigenvalue weighted by Gasteiger charge is -2.11. The second-order valence-electron chi connectivity index (χ2n) is 6.02. The molecule has 1 aromatic heterocycles. The summed E-state index contributed by atoms with van der Waals surface area (Å²) >= 11 is 6.66. The quantitative estimate of drug-likeness (QED) is 0.663. The van der Waals surface area contributed by atoms with Crippen LogP contribution in [0.2, 0.25) is 0 Å². The molecule has 2 aliphatic rings. The van der Waals surface area contributed by atoms with Gasteiger partial charge in [0.15, 0.2) is 3.95 Å². The summed E-state index contributed by atoms with van der Waals surface area (Å²) in [4.78, 5) is 16.9. The van der Waals surface area contributed by atoms with Crippen LogP contribution in [-0.4, -0.2) is 28.3 Å². The van der Waals surface area contributed by atoms with E-state index >= 15 is 0 Å². The number of hydrogen-bond donors (Lipinski definition) is 1. The Morgan fingerprint density at radius 1 is 1.44 bits per heavy atom. The van der Waals surface area contributed by atoms with E-state index in [0.29, 0.717) is 26.3 Å². The maximum Gasteiger partial charge on any atom is 0.277 e. The van der Waals surface area contributed by atoms with Gasteiger partial charge in [0, 0.05) is 17.4 Å². The average Bonchev–Trinajstić information content (AvgIpc) is 3.20. The molecule has 0 spiro atoms. The summed E-state index contributed by atoms with van der Waals surface area (Å²) in [6, 6.07) is 7.46. The topological polar surface area (TPSA) is 63.8 Å². The van der Waals surface area contributed by atoms with Gasteiger partial charge in [-0.3, -0.25) is 9.36 Å². The lowest BCUT2D eigenvalue weighted by atomic mass is 10.1. The number of nitrogens with zero attached hydrogens (tertiary/aromatic N) is 2. The Bertz CT molecular complexity index is 1040. The molecule has 0 saturated carbocycles. The van der Waals surface area contributed by atoms with Gasteiger partial charge in [-0.25, -0.2) is 4.99 Å². The minimum absolute atomic E-state index is 0.0810. The van der Waals surface area contributed by atoms with Crippen LogP contribution >= 0.6 is 23.6 Å². The van der Waals surface area contributed by atoms with Crippen molar-refractivity contribution in [1.29, 1.82) is 0 Å². The Hall–Kier alpha value is -2.09. The van der Waals surface area contributed by atoms with Crippen molar-refractivity contribution in [3.05, 3.63) is 49.2 Å². The second kappa shape index (κ2) is 6.67. The summed E-state index contributed by atoms with van der Waals surface area (Å²) in [7, 11) is 0. The molecule has 1 unspecified atom stereocenters. The van der Waals surface area contributed by atoms with E-state index in [1.807, 2.05) is 18.2 Å². The number of rotatable bonds is 3. The summed E-state index contributed by atoms with van der Waals surface area (Å²) in [5.41, 5.74) is 0.439. The molecule has 1 N–H and O–H groups in total. The Labute approximate surface area is 153 Å². The summed E-state index contributed by atoms with van der Waals surface area (Å²) in [5.74, 6) is -0.235. The Morgan fingerprint density at radius 3 is 3.08 bits per heavy atom. The van der Waals surface area contributed by atoms with Crippen molar-refractivity contribution in [3.8, 4) is 5.88 Å². The van der Waals surface area contributed by atoms with E-state index in [-0.39, 0.29) is 17.9 Å². The van der Waals surface area contributed by atoms with Gasteiger partial charge in [-0.2, -0.15) is 0 Å². The molecule has 1 fully saturated rings. The van der Waals surface area contributed by atoms with Crippen LogP contribution in [0.3, 0.4) is 0 Å². The number of thiazole rings is 1. The number of amides is 1. The third-order valence-electron chi connectivity index (χ3n) is 4.31. The molecule has 4 rings (SSSR count). The van der Waals surface area contributed by atoms with Crippen molar-refractivity contribution >= 4 is 41.6 Å². The van der Waals surface area contributed by atoms with Crippen LogP contribution in [0.25, 0.3) is 12.2 Å². The first-order valence-electron chi connectivity index (χ1n) is 8.07. The van der Waals surface area contributed by atoms with Gasteiger partial charge in [-0.05, 0) is 43.3 Å². The Kier molecular flexibility index (Phi) is 4.37. The predicted octanol–water partition coefficient (Wildman–Crippen LogP) is 2.19. The molecule has 1 atom stereocenters. The van der Waals surface area contributed by atoms with E-state index in [0.717, 1.165) is 24.7 Å². The summed E-state index contributed by atoms with van der Waals surface area (Å²) in [5, 5.41) is 12.1. The molecule has 0 bridgehead atoms. The van der Waals surface area contributed by atoms with Gasteiger partial charge in [-0.1, -0.05) is 18.2 Å². The van der Waals surface area contributed by atoms with Crippen LogP contribution in [0.5, 0.6) is 5.88 Å². The van der Waals surface area contributed by atoms with Gasteiger partial charge in [-0.15, -0.1) is 11.3 Å². The van der Waals surface area contributed by atoms with Crippen molar-refractivity contribution < 1.29 is 14.6 Å². The first kappa shape index (κ1) is 16.4. The fourth-order valence-electron chi connectivity index (χ4n) is 3.02. The zero-order valence-electron chi connectivity index (χ0n) is 13.3. The summed E-state index contributed by atoms with van der Waals surface area (Å²) in [6.45, 7) is 1.29. The number of ether oxygens (including phenoxy) is 1. The third kappa shape index (κ3) is 3.22. The highest BCUT2D eigenvalue weighted by atomic mass is 32.1. The standard InChI is InChI=1S/C18H16N2O3S2/c21-16-12(8-11-4-1-2-6-14(11)19-16)9-15-17(22)20(18(24)25-15)10-13-5-3-7-23-13/h1-2,4,6,8-9,13,22H,3,5,7,10H2/b12-9-. The van der Waals surface area contributed by atoms with Gasteiger partial charge in [0.2, 0.25) is 5.88 Å². The predicted molar refractivity (Wildman–Crippen MR) is 98.5 cm³/mol. The highest BCUT2D eigenvalue weighted by molar-refractivity contribution is 7.73. The first-order valence-corrected chi connectivity index (χ1v) is 9.30. The number of carbonyl (C=O) groups excluding carboxylic acids is 1. The maximum absolute atomic E-state index is 12.2. The van der Waals surface area contributed by atoms with Crippen LogP contribution in [0, 0.1) is 3.95 Å². The SMILES string of the molecule is O=C1N=c2ccccc2=C/C1=C/c1sc(=S)n(CC2CCCO2)c1O. The Balaban J connectivity index is 1.71. The van der Waals surface area contributed by atoms with Crippen molar-refractivity contribution in [3.63, 3.8) is 0 Å². The number of benzene rings is 1. The van der Waals surface area contributed by atoms with E-state index in [1.54, 1.807) is 22.8 Å². The van der Waals surface area contributed by atoms with Crippen LogP contribution in [0.4, 0.5) is 0 Å². The molecule has 7 heteroatoms. The molecule has 1 amide bonds. The van der Waals surface area contributed by atoms with Crippen molar-refractivity contribution in [2.75, 3.05) is 6.61 Å². The van der Waals surface area contributed by atoms with Crippen molar-refractivity contribution in [2.45, 2.75) is 25.5 Å². The number of fused-ring (bicyclic) bond motifs is 1. The number of aromatic nitrogens is 1. The number of aromatic hydroxyl groups is 1. The van der Waals surface area contributed by atoms with E-state index in [1.165, 1.54) is 11.3 Å². The monoisotopic (exact) mass is 372 g/mol. The highest BCUT2D eigenvalue weighted by Gasteiger charge is 2.20. The molecule has 0 aliphatic carbocycles. The molecule has 2 aromatic rings. The fraction of sp³-hybridized carbons (Fsp3) is 0.278. The van der Waals surface area contributed by atoms with Gasteiger partial charge in [0.25, 0.3) is 5.91 Å². The number of para-hydroxylation sites is 1. The molecular formula is C18H16N2O3S2. The molecule has 3 heterocycles. The zero-order chi connectivity index (χ0) is 17.4. The van der Waals surface area contributed by atoms with Gasteiger partial charge in [0.1, 0.15) is 0 Å². The summed E-state index contributed by atoms with van der Waals surface area (Å²) < 4.78 is 7.87. The highest BCUT2D eigenvalue weighted by Crippen LogP contribution is 2.30. The molecule has 25 heavy (non-hydrogen) atoms. The molecule has 1 saturated heterocycles. The van der Waals surface area contributed by atoms with Crippen LogP contribution in [0.15, 0.2) is 34.8 Å². The second-order valence-corrected chi connectivity index (χ2v) is 7.70. The normalized spacial score (nSPS) is 21.0. The minimum atomic E-state index is -0.317. The van der Waals surface area contributed by atoms with Crippen molar-refractivity contribution in [2.24, 2.45) is 4.99 Å². The molecule has 0 radical (unpaired) electrons. The molecule has 1 aromatic carbocycles. The molecule has 2 aliphatic heterocycles. The molecular weight excluding hydrogens is 356 g/mol. The van der Waals surface area contributed by atoms with Gasteiger partial charge >= 0.3 is 0 Å². The van der Waals surface area contributed by atoms with Gasteiger partial charge in [0.05, 0.1) is 22.9 Å². The fourth-order valence-corrected chi connectivity index (χ4v) is 4.30.